The van der Waals surface area contributed by atoms with Crippen LogP contribution in [0, 0.1) is 12.3 Å². The zero-order valence-corrected chi connectivity index (χ0v) is 11.1. The molecule has 0 aliphatic heterocycles. The number of ether oxygens (including phenoxy) is 1. The van der Waals surface area contributed by atoms with Gasteiger partial charge in [-0.2, -0.15) is 0 Å². The number of amides is 2. The SMILES string of the molecule is C#CC(CC)NC(=O)Nc1ccccc1OCC(=O)O. The van der Waals surface area contributed by atoms with Crippen LogP contribution < -0.4 is 15.4 Å². The van der Waals surface area contributed by atoms with E-state index in [0.717, 1.165) is 0 Å². The molecule has 6 nitrogen and oxygen atoms in total. The molecule has 1 atom stereocenters. The first-order valence-electron chi connectivity index (χ1n) is 6.04. The topological polar surface area (TPSA) is 87.7 Å². The summed E-state index contributed by atoms with van der Waals surface area (Å²) in [6, 6.07) is 5.71. The number of rotatable bonds is 6. The summed E-state index contributed by atoms with van der Waals surface area (Å²) in [5.74, 6) is 1.62. The Labute approximate surface area is 117 Å². The maximum absolute atomic E-state index is 11.7. The summed E-state index contributed by atoms with van der Waals surface area (Å²) in [6.07, 6.45) is 5.87. The molecule has 1 rings (SSSR count). The Morgan fingerprint density at radius 1 is 1.45 bits per heavy atom. The molecule has 0 bridgehead atoms. The van der Waals surface area contributed by atoms with Crippen LogP contribution in [-0.2, 0) is 4.79 Å². The summed E-state index contributed by atoms with van der Waals surface area (Å²) < 4.78 is 5.07. The van der Waals surface area contributed by atoms with E-state index in [9.17, 15) is 9.59 Å². The monoisotopic (exact) mass is 276 g/mol. The molecule has 0 radical (unpaired) electrons. The third-order valence-electron chi connectivity index (χ3n) is 2.40. The Bertz CT molecular complexity index is 522. The van der Waals surface area contributed by atoms with E-state index in [4.69, 9.17) is 16.3 Å². The van der Waals surface area contributed by atoms with Crippen LogP contribution in [0.1, 0.15) is 13.3 Å². The smallest absolute Gasteiger partial charge is 0.341 e. The van der Waals surface area contributed by atoms with Gasteiger partial charge in [0.15, 0.2) is 6.61 Å². The van der Waals surface area contributed by atoms with Gasteiger partial charge < -0.3 is 20.5 Å². The fourth-order valence-electron chi connectivity index (χ4n) is 1.41. The van der Waals surface area contributed by atoms with Gasteiger partial charge in [0, 0.05) is 0 Å². The van der Waals surface area contributed by atoms with E-state index >= 15 is 0 Å². The Morgan fingerprint density at radius 2 is 2.15 bits per heavy atom. The number of hydrogen-bond acceptors (Lipinski definition) is 3. The molecule has 0 heterocycles. The highest BCUT2D eigenvalue weighted by atomic mass is 16.5. The number of anilines is 1. The Kier molecular flexibility index (Phi) is 5.91. The number of benzene rings is 1. The molecule has 0 spiro atoms. The molecule has 0 fully saturated rings. The Balaban J connectivity index is 2.69. The lowest BCUT2D eigenvalue weighted by molar-refractivity contribution is -0.139. The van der Waals surface area contributed by atoms with Crippen LogP contribution in [0.4, 0.5) is 10.5 Å². The summed E-state index contributed by atoms with van der Waals surface area (Å²) in [5.41, 5.74) is 0.373. The Hall–Kier alpha value is -2.68. The molecule has 0 saturated heterocycles. The van der Waals surface area contributed by atoms with Gasteiger partial charge in [0.05, 0.1) is 11.7 Å². The van der Waals surface area contributed by atoms with E-state index in [-0.39, 0.29) is 11.8 Å². The summed E-state index contributed by atoms with van der Waals surface area (Å²) in [7, 11) is 0. The summed E-state index contributed by atoms with van der Waals surface area (Å²) in [6.45, 7) is 1.37. The van der Waals surface area contributed by atoms with Crippen molar-refractivity contribution in [1.82, 2.24) is 5.32 Å². The molecular weight excluding hydrogens is 260 g/mol. The number of carbonyl (C=O) groups is 2. The summed E-state index contributed by atoms with van der Waals surface area (Å²) in [4.78, 5) is 22.2. The molecule has 0 aliphatic rings. The molecule has 0 aliphatic carbocycles. The minimum Gasteiger partial charge on any atom is -0.480 e. The van der Waals surface area contributed by atoms with Crippen LogP contribution in [-0.4, -0.2) is 29.8 Å². The van der Waals surface area contributed by atoms with E-state index in [1.165, 1.54) is 0 Å². The molecule has 1 aromatic carbocycles. The number of aliphatic carboxylic acids is 1. The number of nitrogens with one attached hydrogen (secondary N) is 2. The maximum Gasteiger partial charge on any atom is 0.341 e. The van der Waals surface area contributed by atoms with Crippen LogP contribution in [0.25, 0.3) is 0 Å². The van der Waals surface area contributed by atoms with Crippen molar-refractivity contribution in [2.75, 3.05) is 11.9 Å². The number of carboxylic acids is 1. The van der Waals surface area contributed by atoms with Crippen LogP contribution >= 0.6 is 0 Å². The zero-order valence-electron chi connectivity index (χ0n) is 11.1. The van der Waals surface area contributed by atoms with Crippen molar-refractivity contribution in [3.8, 4) is 18.1 Å². The van der Waals surface area contributed by atoms with E-state index in [1.54, 1.807) is 24.3 Å². The second-order valence-electron chi connectivity index (χ2n) is 3.90. The molecule has 0 aromatic heterocycles. The summed E-state index contributed by atoms with van der Waals surface area (Å²) in [5, 5.41) is 13.8. The number of terminal acetylenes is 1. The normalized spacial score (nSPS) is 11.0. The third-order valence-corrected chi connectivity index (χ3v) is 2.40. The molecule has 106 valence electrons. The highest BCUT2D eigenvalue weighted by Gasteiger charge is 2.11. The van der Waals surface area contributed by atoms with Gasteiger partial charge in [0.25, 0.3) is 0 Å². The predicted molar refractivity (Wildman–Crippen MR) is 74.6 cm³/mol. The van der Waals surface area contributed by atoms with Crippen molar-refractivity contribution in [1.29, 1.82) is 0 Å². The minimum absolute atomic E-state index is 0.277. The van der Waals surface area contributed by atoms with Crippen molar-refractivity contribution in [3.63, 3.8) is 0 Å². The lowest BCUT2D eigenvalue weighted by Gasteiger charge is -2.14. The molecule has 2 amide bonds. The second-order valence-corrected chi connectivity index (χ2v) is 3.90. The molecular formula is C14H16N2O4. The number of para-hydroxylation sites is 2. The van der Waals surface area contributed by atoms with E-state index in [0.29, 0.717) is 12.1 Å². The van der Waals surface area contributed by atoms with Crippen LogP contribution in [0.15, 0.2) is 24.3 Å². The molecule has 0 saturated carbocycles. The van der Waals surface area contributed by atoms with E-state index in [2.05, 4.69) is 16.6 Å². The number of carboxylic acid groups (broad SMARTS) is 1. The minimum atomic E-state index is -1.09. The van der Waals surface area contributed by atoms with Gasteiger partial charge in [-0.25, -0.2) is 9.59 Å². The van der Waals surface area contributed by atoms with Crippen LogP contribution in [0.2, 0.25) is 0 Å². The van der Waals surface area contributed by atoms with Gasteiger partial charge in [0.1, 0.15) is 5.75 Å². The lowest BCUT2D eigenvalue weighted by atomic mass is 10.2. The van der Waals surface area contributed by atoms with Crippen molar-refractivity contribution in [3.05, 3.63) is 24.3 Å². The average molecular weight is 276 g/mol. The molecule has 3 N–H and O–H groups in total. The predicted octanol–water partition coefficient (Wildman–Crippen LogP) is 1.68. The van der Waals surface area contributed by atoms with E-state index < -0.39 is 18.6 Å². The first-order valence-corrected chi connectivity index (χ1v) is 6.04. The fourth-order valence-corrected chi connectivity index (χ4v) is 1.41. The maximum atomic E-state index is 11.7. The first kappa shape index (κ1) is 15.4. The zero-order chi connectivity index (χ0) is 15.0. The lowest BCUT2D eigenvalue weighted by Crippen LogP contribution is -2.36. The molecule has 1 aromatic rings. The highest BCUT2D eigenvalue weighted by molar-refractivity contribution is 5.91. The molecule has 6 heteroatoms. The quantitative estimate of drug-likeness (QED) is 0.690. The Morgan fingerprint density at radius 3 is 2.75 bits per heavy atom. The fraction of sp³-hybridized carbons (Fsp3) is 0.286. The first-order chi connectivity index (χ1) is 9.56. The molecule has 20 heavy (non-hydrogen) atoms. The van der Waals surface area contributed by atoms with Gasteiger partial charge in [-0.15, -0.1) is 6.42 Å². The van der Waals surface area contributed by atoms with Gasteiger partial charge >= 0.3 is 12.0 Å². The second kappa shape index (κ2) is 7.69. The van der Waals surface area contributed by atoms with Crippen molar-refractivity contribution in [2.45, 2.75) is 19.4 Å². The highest BCUT2D eigenvalue weighted by Crippen LogP contribution is 2.23. The van der Waals surface area contributed by atoms with Crippen LogP contribution in [0.3, 0.4) is 0 Å². The third kappa shape index (κ3) is 4.90. The van der Waals surface area contributed by atoms with Crippen molar-refractivity contribution in [2.24, 2.45) is 0 Å². The van der Waals surface area contributed by atoms with Crippen molar-refractivity contribution < 1.29 is 19.4 Å². The van der Waals surface area contributed by atoms with Crippen LogP contribution in [0.5, 0.6) is 5.75 Å². The van der Waals surface area contributed by atoms with Gasteiger partial charge in [-0.3, -0.25) is 0 Å². The van der Waals surface area contributed by atoms with Gasteiger partial charge in [-0.05, 0) is 18.6 Å². The number of urea groups is 1. The van der Waals surface area contributed by atoms with Gasteiger partial charge in [-0.1, -0.05) is 25.0 Å². The average Bonchev–Trinajstić information content (AvgIpc) is 2.43. The molecule has 1 unspecified atom stereocenters. The largest absolute Gasteiger partial charge is 0.480 e. The number of hydrogen-bond donors (Lipinski definition) is 3. The van der Waals surface area contributed by atoms with E-state index in [1.807, 2.05) is 6.92 Å². The van der Waals surface area contributed by atoms with Gasteiger partial charge in [0.2, 0.25) is 0 Å². The summed E-state index contributed by atoms with van der Waals surface area (Å²) >= 11 is 0. The number of carbonyl (C=O) groups excluding carboxylic acids is 1. The van der Waals surface area contributed by atoms with Crippen molar-refractivity contribution >= 4 is 17.7 Å². The standard InChI is InChI=1S/C14H16N2O4/c1-3-10(4-2)15-14(19)16-11-7-5-6-8-12(11)20-9-13(17)18/h1,5-8,10H,4,9H2,2H3,(H,17,18)(H2,15,16,19).